The molecular formula is C30H33BrClF3N4O3. The number of hydrogen-bond acceptors (Lipinski definition) is 6. The number of carbonyl (C=O) groups is 1. The Bertz CT molecular complexity index is 1440. The van der Waals surface area contributed by atoms with Gasteiger partial charge in [-0.3, -0.25) is 4.90 Å². The van der Waals surface area contributed by atoms with Crippen LogP contribution in [0.2, 0.25) is 5.15 Å². The summed E-state index contributed by atoms with van der Waals surface area (Å²) in [5.41, 5.74) is 2.97. The molecule has 0 bridgehead atoms. The quantitative estimate of drug-likeness (QED) is 0.258. The number of alkyl halides is 3. The third-order valence-corrected chi connectivity index (χ3v) is 8.42. The highest BCUT2D eigenvalue weighted by atomic mass is 79.9. The predicted molar refractivity (Wildman–Crippen MR) is 159 cm³/mol. The molecule has 7 nitrogen and oxygen atoms in total. The number of nitrogens with zero attached hydrogens (tertiary/aromatic N) is 4. The number of amides is 1. The van der Waals surface area contributed by atoms with Gasteiger partial charge in [-0.15, -0.1) is 0 Å². The second-order valence-electron chi connectivity index (χ2n) is 10.7. The Morgan fingerprint density at radius 2 is 1.76 bits per heavy atom. The van der Waals surface area contributed by atoms with Crippen LogP contribution < -0.4 is 4.90 Å². The van der Waals surface area contributed by atoms with Crippen molar-refractivity contribution in [3.63, 3.8) is 0 Å². The molecule has 2 fully saturated rings. The maximum atomic E-state index is 13.3. The number of carbonyl (C=O) groups excluding carboxylic acids is 1. The number of hydrogen-bond donors (Lipinski definition) is 0. The monoisotopic (exact) mass is 668 g/mol. The fraction of sp³-hybridized carbons (Fsp3) is 0.433. The molecule has 0 saturated carbocycles. The standard InChI is InChI=1S/C24H28F3N3O3.C6H5BrClN/c1-14-7-17(10-19(9-14)24(25,26)27)21-16(3)30(23(31)33-21)12-18-8-15(2)11-28-22(18)29(4)20-5-6-32-13-20;1-4-2-5(7)6(8)9-3-4/h7-11,16,20-21H,5-6,12-13H2,1-4H3;2-3H,1H3/t16-,20?,21-;/m0./s1. The second-order valence-corrected chi connectivity index (χ2v) is 11.9. The van der Waals surface area contributed by atoms with Crippen LogP contribution in [0.5, 0.6) is 0 Å². The van der Waals surface area contributed by atoms with Crippen LogP contribution in [0.15, 0.2) is 47.2 Å². The zero-order valence-corrected chi connectivity index (χ0v) is 26.3. The van der Waals surface area contributed by atoms with E-state index in [9.17, 15) is 18.0 Å². The first-order chi connectivity index (χ1) is 19.7. The van der Waals surface area contributed by atoms with Crippen LogP contribution in [-0.4, -0.2) is 53.3 Å². The molecule has 0 spiro atoms. The number of rotatable bonds is 5. The SMILES string of the molecule is Cc1cc([C@H]2OC(=O)N(Cc3cc(C)cnc3N(C)C3CCOC3)[C@H]2C)cc(C(F)(F)F)c1.Cc1cnc(Cl)c(Br)c1. The zero-order chi connectivity index (χ0) is 30.8. The molecule has 3 atom stereocenters. The number of likely N-dealkylation sites (N-methyl/N-ethyl adjacent to an activating group) is 1. The van der Waals surface area contributed by atoms with Crippen molar-refractivity contribution in [1.29, 1.82) is 0 Å². The van der Waals surface area contributed by atoms with E-state index in [0.717, 1.165) is 45.5 Å². The Labute approximate surface area is 257 Å². The van der Waals surface area contributed by atoms with Crippen molar-refractivity contribution in [1.82, 2.24) is 14.9 Å². The molecule has 42 heavy (non-hydrogen) atoms. The summed E-state index contributed by atoms with van der Waals surface area (Å²) >= 11 is 8.87. The minimum atomic E-state index is -4.47. The molecule has 1 amide bonds. The number of anilines is 1. The lowest BCUT2D eigenvalue weighted by Crippen LogP contribution is -2.35. The average molecular weight is 670 g/mol. The highest BCUT2D eigenvalue weighted by Gasteiger charge is 2.41. The van der Waals surface area contributed by atoms with E-state index in [2.05, 4.69) is 30.8 Å². The smallest absolute Gasteiger partial charge is 0.416 e. The van der Waals surface area contributed by atoms with Crippen molar-refractivity contribution in [2.75, 3.05) is 25.2 Å². The first kappa shape index (κ1) is 32.0. The largest absolute Gasteiger partial charge is 0.439 e. The summed E-state index contributed by atoms with van der Waals surface area (Å²) in [6, 6.07) is 7.46. The molecule has 0 N–H and O–H groups in total. The van der Waals surface area contributed by atoms with E-state index < -0.39 is 30.0 Å². The van der Waals surface area contributed by atoms with Crippen LogP contribution in [0, 0.1) is 20.8 Å². The van der Waals surface area contributed by atoms with Crippen LogP contribution in [0.25, 0.3) is 0 Å². The van der Waals surface area contributed by atoms with E-state index >= 15 is 0 Å². The molecule has 2 aliphatic heterocycles. The fourth-order valence-corrected chi connectivity index (χ4v) is 5.62. The van der Waals surface area contributed by atoms with E-state index in [0.29, 0.717) is 29.5 Å². The maximum Gasteiger partial charge on any atom is 0.416 e. The first-order valence-corrected chi connectivity index (χ1v) is 14.6. The van der Waals surface area contributed by atoms with Gasteiger partial charge in [-0.1, -0.05) is 23.2 Å². The molecule has 226 valence electrons. The van der Waals surface area contributed by atoms with Crippen molar-refractivity contribution >= 4 is 39.4 Å². The average Bonchev–Trinajstić information content (AvgIpc) is 3.55. The van der Waals surface area contributed by atoms with Crippen LogP contribution in [-0.2, 0) is 22.2 Å². The second kappa shape index (κ2) is 13.2. The number of pyridine rings is 2. The lowest BCUT2D eigenvalue weighted by atomic mass is 9.98. The van der Waals surface area contributed by atoms with Crippen LogP contribution >= 0.6 is 27.5 Å². The van der Waals surface area contributed by atoms with Crippen LogP contribution in [0.3, 0.4) is 0 Å². The number of halogens is 5. The molecular weight excluding hydrogens is 637 g/mol. The first-order valence-electron chi connectivity index (χ1n) is 13.4. The van der Waals surface area contributed by atoms with Gasteiger partial charge in [0.15, 0.2) is 0 Å². The Balaban J connectivity index is 0.000000385. The molecule has 2 saturated heterocycles. The molecule has 1 unspecified atom stereocenters. The van der Waals surface area contributed by atoms with E-state index in [4.69, 9.17) is 21.1 Å². The topological polar surface area (TPSA) is 67.8 Å². The molecule has 12 heteroatoms. The van der Waals surface area contributed by atoms with Gasteiger partial charge < -0.3 is 14.4 Å². The van der Waals surface area contributed by atoms with Gasteiger partial charge in [-0.05, 0) is 91.0 Å². The Hall–Kier alpha value is -2.89. The summed E-state index contributed by atoms with van der Waals surface area (Å²) in [5.74, 6) is 0.759. The van der Waals surface area contributed by atoms with Crippen molar-refractivity contribution < 1.29 is 27.4 Å². The third-order valence-electron chi connectivity index (χ3n) is 7.29. The lowest BCUT2D eigenvalue weighted by Gasteiger charge is -2.28. The highest BCUT2D eigenvalue weighted by Crippen LogP contribution is 2.38. The number of ether oxygens (including phenoxy) is 2. The van der Waals surface area contributed by atoms with Gasteiger partial charge in [0.25, 0.3) is 0 Å². The van der Waals surface area contributed by atoms with E-state index in [1.54, 1.807) is 37.2 Å². The molecule has 0 aliphatic carbocycles. The van der Waals surface area contributed by atoms with Crippen molar-refractivity contribution in [2.24, 2.45) is 0 Å². The predicted octanol–water partition coefficient (Wildman–Crippen LogP) is 7.83. The van der Waals surface area contributed by atoms with Gasteiger partial charge in [-0.25, -0.2) is 14.8 Å². The van der Waals surface area contributed by atoms with E-state index in [1.807, 2.05) is 33.0 Å². The minimum Gasteiger partial charge on any atom is -0.439 e. The van der Waals surface area contributed by atoms with Gasteiger partial charge in [0, 0.05) is 31.6 Å². The summed E-state index contributed by atoms with van der Waals surface area (Å²) in [4.78, 5) is 24.9. The number of benzene rings is 1. The fourth-order valence-electron chi connectivity index (χ4n) is 5.06. The summed E-state index contributed by atoms with van der Waals surface area (Å²) in [6.45, 7) is 8.85. The summed E-state index contributed by atoms with van der Waals surface area (Å²) in [6.07, 6.45) is -1.41. The third kappa shape index (κ3) is 7.54. The molecule has 3 aromatic rings. The van der Waals surface area contributed by atoms with Gasteiger partial charge in [-0.2, -0.15) is 13.2 Å². The summed E-state index contributed by atoms with van der Waals surface area (Å²) in [7, 11) is 1.96. The Kier molecular flexibility index (Phi) is 10.1. The summed E-state index contributed by atoms with van der Waals surface area (Å²) in [5, 5.41) is 0.514. The number of cyclic esters (lactones) is 1. The normalized spacial score (nSPS) is 20.3. The molecule has 2 aliphatic rings. The molecule has 4 heterocycles. The van der Waals surface area contributed by atoms with Crippen molar-refractivity contribution in [3.05, 3.63) is 85.7 Å². The van der Waals surface area contributed by atoms with Crippen LogP contribution in [0.1, 0.15) is 52.8 Å². The Morgan fingerprint density at radius 1 is 1.07 bits per heavy atom. The van der Waals surface area contributed by atoms with E-state index in [-0.39, 0.29) is 12.6 Å². The molecule has 2 aromatic heterocycles. The van der Waals surface area contributed by atoms with Gasteiger partial charge in [0.2, 0.25) is 0 Å². The molecule has 5 rings (SSSR count). The van der Waals surface area contributed by atoms with Gasteiger partial charge in [0.05, 0.1) is 35.3 Å². The zero-order valence-electron chi connectivity index (χ0n) is 24.0. The Morgan fingerprint density at radius 3 is 2.38 bits per heavy atom. The van der Waals surface area contributed by atoms with Gasteiger partial charge >= 0.3 is 12.3 Å². The van der Waals surface area contributed by atoms with Gasteiger partial charge in [0.1, 0.15) is 17.1 Å². The number of aromatic nitrogens is 2. The maximum absolute atomic E-state index is 13.3. The minimum absolute atomic E-state index is 0.197. The van der Waals surface area contributed by atoms with Crippen molar-refractivity contribution in [3.8, 4) is 0 Å². The van der Waals surface area contributed by atoms with Crippen LogP contribution in [0.4, 0.5) is 23.8 Å². The molecule has 0 radical (unpaired) electrons. The van der Waals surface area contributed by atoms with E-state index in [1.165, 1.54) is 0 Å². The van der Waals surface area contributed by atoms with Crippen molar-refractivity contribution in [2.45, 2.75) is 65.0 Å². The lowest BCUT2D eigenvalue weighted by molar-refractivity contribution is -0.137. The molecule has 1 aromatic carbocycles. The summed E-state index contributed by atoms with van der Waals surface area (Å²) < 4.78 is 51.9. The number of aryl methyl sites for hydroxylation is 3. The highest BCUT2D eigenvalue weighted by molar-refractivity contribution is 9.10.